The fourth-order valence-electron chi connectivity index (χ4n) is 2.64. The van der Waals surface area contributed by atoms with Gasteiger partial charge in [0.15, 0.2) is 5.13 Å². The van der Waals surface area contributed by atoms with Crippen LogP contribution in [0.1, 0.15) is 5.56 Å². The molecular weight excluding hydrogens is 336 g/mol. The number of nitrogens with one attached hydrogen (secondary N) is 2. The Hall–Kier alpha value is -3.19. The number of amides is 1. The highest BCUT2D eigenvalue weighted by Gasteiger charge is 2.12. The predicted octanol–water partition coefficient (Wildman–Crippen LogP) is 3.57. The number of pyridine rings is 1. The highest BCUT2D eigenvalue weighted by molar-refractivity contribution is 7.14. The van der Waals surface area contributed by atoms with Crippen molar-refractivity contribution in [2.45, 2.75) is 6.42 Å². The van der Waals surface area contributed by atoms with Gasteiger partial charge in [-0.2, -0.15) is 0 Å². The first-order chi connectivity index (χ1) is 12.2. The number of H-pyrrole nitrogens is 1. The number of anilines is 1. The Kier molecular flexibility index (Phi) is 3.91. The van der Waals surface area contributed by atoms with Crippen LogP contribution in [-0.4, -0.2) is 26.0 Å². The molecule has 4 aromatic rings. The van der Waals surface area contributed by atoms with E-state index in [-0.39, 0.29) is 18.1 Å². The van der Waals surface area contributed by atoms with E-state index < -0.39 is 0 Å². The van der Waals surface area contributed by atoms with Gasteiger partial charge in [0.25, 0.3) is 0 Å². The Morgan fingerprint density at radius 1 is 1.28 bits per heavy atom. The molecule has 0 saturated carbocycles. The number of hydrogen-bond acceptors (Lipinski definition) is 5. The number of thiazole rings is 1. The summed E-state index contributed by atoms with van der Waals surface area (Å²) in [6.07, 6.45) is 3.78. The number of phenolic OH excluding ortho intramolecular Hbond substituents is 1. The number of carbonyl (C=O) groups excluding carboxylic acids is 1. The number of carbonyl (C=O) groups is 1. The van der Waals surface area contributed by atoms with Gasteiger partial charge in [-0.1, -0.05) is 12.1 Å². The third-order valence-electron chi connectivity index (χ3n) is 3.75. The number of aromatic hydroxyl groups is 1. The summed E-state index contributed by atoms with van der Waals surface area (Å²) in [6.45, 7) is 0. The minimum Gasteiger partial charge on any atom is -0.508 e. The van der Waals surface area contributed by atoms with E-state index in [4.69, 9.17) is 0 Å². The Bertz CT molecular complexity index is 1050. The van der Waals surface area contributed by atoms with Crippen molar-refractivity contribution in [3.8, 4) is 17.0 Å². The SMILES string of the molecule is O=C(Cc1cccc(O)c1)Nc1nc(-c2c[nH]c3ncccc23)cs1. The molecule has 0 fully saturated rings. The molecule has 3 heterocycles. The number of fused-ring (bicyclic) bond motifs is 1. The molecule has 4 rings (SSSR count). The van der Waals surface area contributed by atoms with Crippen LogP contribution in [-0.2, 0) is 11.2 Å². The maximum atomic E-state index is 12.2. The lowest BCUT2D eigenvalue weighted by atomic mass is 10.1. The molecule has 1 aromatic carbocycles. The first-order valence-corrected chi connectivity index (χ1v) is 8.53. The third-order valence-corrected chi connectivity index (χ3v) is 4.51. The lowest BCUT2D eigenvalue weighted by molar-refractivity contribution is -0.115. The molecule has 1 amide bonds. The summed E-state index contributed by atoms with van der Waals surface area (Å²) in [5.41, 5.74) is 3.29. The van der Waals surface area contributed by atoms with Crippen LogP contribution in [0.3, 0.4) is 0 Å². The molecule has 0 unspecified atom stereocenters. The Labute approximate surface area is 147 Å². The molecule has 0 atom stereocenters. The van der Waals surface area contributed by atoms with Crippen molar-refractivity contribution in [3.63, 3.8) is 0 Å². The molecule has 25 heavy (non-hydrogen) atoms. The predicted molar refractivity (Wildman–Crippen MR) is 97.6 cm³/mol. The summed E-state index contributed by atoms with van der Waals surface area (Å²) in [7, 11) is 0. The van der Waals surface area contributed by atoms with Gasteiger partial charge in [-0.15, -0.1) is 11.3 Å². The van der Waals surface area contributed by atoms with Crippen molar-refractivity contribution in [2.24, 2.45) is 0 Å². The van der Waals surface area contributed by atoms with Crippen molar-refractivity contribution in [1.82, 2.24) is 15.0 Å². The largest absolute Gasteiger partial charge is 0.508 e. The summed E-state index contributed by atoms with van der Waals surface area (Å²) in [5.74, 6) is -0.0260. The van der Waals surface area contributed by atoms with E-state index in [0.717, 1.165) is 27.9 Å². The standard InChI is InChI=1S/C18H14N4O2S/c23-12-4-1-3-11(7-12)8-16(24)22-18-21-15(10-25-18)14-9-20-17-13(14)5-2-6-19-17/h1-7,9-10,23H,8H2,(H,19,20)(H,21,22,24). The van der Waals surface area contributed by atoms with Gasteiger partial charge in [-0.3, -0.25) is 4.79 Å². The lowest BCUT2D eigenvalue weighted by Gasteiger charge is -2.02. The topological polar surface area (TPSA) is 90.9 Å². The molecule has 3 N–H and O–H groups in total. The van der Waals surface area contributed by atoms with Crippen LogP contribution >= 0.6 is 11.3 Å². The zero-order valence-electron chi connectivity index (χ0n) is 13.1. The van der Waals surface area contributed by atoms with Crippen LogP contribution in [0.15, 0.2) is 54.2 Å². The van der Waals surface area contributed by atoms with Crippen molar-refractivity contribution in [2.75, 3.05) is 5.32 Å². The molecule has 7 heteroatoms. The smallest absolute Gasteiger partial charge is 0.230 e. The molecule has 0 bridgehead atoms. The molecule has 0 saturated heterocycles. The minimum atomic E-state index is -0.174. The maximum Gasteiger partial charge on any atom is 0.230 e. The second-order valence-corrected chi connectivity index (χ2v) is 6.39. The van der Waals surface area contributed by atoms with Gasteiger partial charge in [0.1, 0.15) is 11.4 Å². The van der Waals surface area contributed by atoms with Crippen LogP contribution in [0, 0.1) is 0 Å². The molecule has 124 valence electrons. The van der Waals surface area contributed by atoms with E-state index in [9.17, 15) is 9.90 Å². The van der Waals surface area contributed by atoms with Crippen molar-refractivity contribution < 1.29 is 9.90 Å². The van der Waals surface area contributed by atoms with Gasteiger partial charge in [-0.25, -0.2) is 9.97 Å². The highest BCUT2D eigenvalue weighted by Crippen LogP contribution is 2.30. The van der Waals surface area contributed by atoms with E-state index in [1.807, 2.05) is 23.7 Å². The van der Waals surface area contributed by atoms with Gasteiger partial charge in [0.2, 0.25) is 5.91 Å². The summed E-state index contributed by atoms with van der Waals surface area (Å²) in [5, 5.41) is 15.7. The Morgan fingerprint density at radius 3 is 3.08 bits per heavy atom. The quantitative estimate of drug-likeness (QED) is 0.525. The van der Waals surface area contributed by atoms with Crippen LogP contribution in [0.25, 0.3) is 22.3 Å². The maximum absolute atomic E-state index is 12.2. The average Bonchev–Trinajstić information content (AvgIpc) is 3.21. The molecule has 0 aliphatic carbocycles. The van der Waals surface area contributed by atoms with Gasteiger partial charge >= 0.3 is 0 Å². The first kappa shape index (κ1) is 15.3. The number of nitrogens with zero attached hydrogens (tertiary/aromatic N) is 2. The van der Waals surface area contributed by atoms with E-state index in [1.165, 1.54) is 11.3 Å². The number of rotatable bonds is 4. The number of hydrogen-bond donors (Lipinski definition) is 3. The molecular formula is C18H14N4O2S. The van der Waals surface area contributed by atoms with E-state index >= 15 is 0 Å². The monoisotopic (exact) mass is 350 g/mol. The Balaban J connectivity index is 1.50. The van der Waals surface area contributed by atoms with Gasteiger partial charge < -0.3 is 15.4 Å². The molecule has 3 aromatic heterocycles. The van der Waals surface area contributed by atoms with Gasteiger partial charge in [0.05, 0.1) is 12.1 Å². The van der Waals surface area contributed by atoms with Gasteiger partial charge in [0, 0.05) is 28.7 Å². The van der Waals surface area contributed by atoms with Crippen LogP contribution in [0.4, 0.5) is 5.13 Å². The first-order valence-electron chi connectivity index (χ1n) is 7.65. The molecule has 0 aliphatic heterocycles. The minimum absolute atomic E-state index is 0.148. The molecule has 0 radical (unpaired) electrons. The van der Waals surface area contributed by atoms with E-state index in [1.54, 1.807) is 30.5 Å². The zero-order chi connectivity index (χ0) is 17.2. The van der Waals surface area contributed by atoms with Crippen LogP contribution < -0.4 is 5.32 Å². The number of benzene rings is 1. The third kappa shape index (κ3) is 3.22. The van der Waals surface area contributed by atoms with Crippen molar-refractivity contribution >= 4 is 33.4 Å². The van der Waals surface area contributed by atoms with Crippen molar-refractivity contribution in [1.29, 1.82) is 0 Å². The fraction of sp³-hybridized carbons (Fsp3) is 0.0556. The van der Waals surface area contributed by atoms with Crippen LogP contribution in [0.2, 0.25) is 0 Å². The second-order valence-electron chi connectivity index (χ2n) is 5.53. The number of aromatic nitrogens is 3. The second kappa shape index (κ2) is 6.37. The zero-order valence-corrected chi connectivity index (χ0v) is 13.9. The van der Waals surface area contributed by atoms with E-state index in [2.05, 4.69) is 20.3 Å². The molecule has 0 aliphatic rings. The summed E-state index contributed by atoms with van der Waals surface area (Å²) in [6, 6.07) is 10.5. The average molecular weight is 350 g/mol. The molecule has 6 nitrogen and oxygen atoms in total. The number of aromatic amines is 1. The normalized spacial score (nSPS) is 10.9. The highest BCUT2D eigenvalue weighted by atomic mass is 32.1. The van der Waals surface area contributed by atoms with Crippen LogP contribution in [0.5, 0.6) is 5.75 Å². The van der Waals surface area contributed by atoms with Crippen molar-refractivity contribution in [3.05, 3.63) is 59.7 Å². The number of phenols is 1. The van der Waals surface area contributed by atoms with E-state index in [0.29, 0.717) is 5.13 Å². The van der Waals surface area contributed by atoms with Gasteiger partial charge in [-0.05, 0) is 29.8 Å². The molecule has 0 spiro atoms. The summed E-state index contributed by atoms with van der Waals surface area (Å²) < 4.78 is 0. The fourth-order valence-corrected chi connectivity index (χ4v) is 3.36. The summed E-state index contributed by atoms with van der Waals surface area (Å²) >= 11 is 1.37. The lowest BCUT2D eigenvalue weighted by Crippen LogP contribution is -2.14. The summed E-state index contributed by atoms with van der Waals surface area (Å²) in [4.78, 5) is 24.0. The Morgan fingerprint density at radius 2 is 2.20 bits per heavy atom.